The molecule has 4 aromatic rings. The number of fused-ring (bicyclic) bond motifs is 1. The number of benzene rings is 2. The molecule has 0 unspecified atom stereocenters. The smallest absolute Gasteiger partial charge is 0.203 e. The molecule has 0 fully saturated rings. The number of hydrogen-bond acceptors (Lipinski definition) is 2. The second-order valence-corrected chi connectivity index (χ2v) is 7.20. The van der Waals surface area contributed by atoms with Crippen LogP contribution in [0.3, 0.4) is 0 Å². The number of thiophene rings is 1. The summed E-state index contributed by atoms with van der Waals surface area (Å²) in [5.41, 5.74) is 6.68. The second-order valence-electron chi connectivity index (χ2n) is 6.42. The van der Waals surface area contributed by atoms with E-state index in [1.807, 2.05) is 0 Å². The molecule has 0 saturated carbocycles. The van der Waals surface area contributed by atoms with Crippen molar-refractivity contribution in [2.24, 2.45) is 0 Å². The zero-order valence-corrected chi connectivity index (χ0v) is 15.1. The van der Waals surface area contributed by atoms with Gasteiger partial charge in [0.2, 0.25) is 5.62 Å². The summed E-state index contributed by atoms with van der Waals surface area (Å²) in [7, 11) is 0. The summed E-state index contributed by atoms with van der Waals surface area (Å²) in [5, 5.41) is 13.0. The van der Waals surface area contributed by atoms with E-state index in [4.69, 9.17) is 5.41 Å². The van der Waals surface area contributed by atoms with Crippen molar-refractivity contribution in [2.75, 3.05) is 0 Å². The maximum atomic E-state index is 8.71. The van der Waals surface area contributed by atoms with Gasteiger partial charge in [0, 0.05) is 6.54 Å². The van der Waals surface area contributed by atoms with Crippen LogP contribution in [0.4, 0.5) is 0 Å². The van der Waals surface area contributed by atoms with Gasteiger partial charge in [-0.05, 0) is 53.4 Å². The molecule has 126 valence electrons. The summed E-state index contributed by atoms with van der Waals surface area (Å²) in [6.07, 6.45) is 0.934. The molecule has 0 radical (unpaired) electrons. The third kappa shape index (κ3) is 3.17. The molecule has 0 bridgehead atoms. The first-order valence-corrected chi connectivity index (χ1v) is 9.46. The van der Waals surface area contributed by atoms with Crippen molar-refractivity contribution in [3.63, 3.8) is 0 Å². The normalized spacial score (nSPS) is 11.2. The minimum atomic E-state index is 0.569. The van der Waals surface area contributed by atoms with Gasteiger partial charge < -0.3 is 9.13 Å². The van der Waals surface area contributed by atoms with Gasteiger partial charge >= 0.3 is 0 Å². The summed E-state index contributed by atoms with van der Waals surface area (Å²) < 4.78 is 4.23. The zero-order chi connectivity index (χ0) is 17.2. The Hall–Kier alpha value is -2.59. The van der Waals surface area contributed by atoms with Crippen molar-refractivity contribution < 1.29 is 0 Å². The number of hydrogen-bond donors (Lipinski definition) is 1. The standard InChI is InChI=1S/C21H21N3S/c1-16-6-8-17(9-7-16)10-12-23-19-4-2-3-5-20(19)24(21(23)22)14-18-11-13-25-15-18/h2-9,11,13,15,22H,10,12,14H2,1H3. The fourth-order valence-corrected chi connectivity index (χ4v) is 3.90. The molecule has 0 aliphatic heterocycles. The minimum Gasteiger partial charge on any atom is -0.310 e. The summed E-state index contributed by atoms with van der Waals surface area (Å²) in [6.45, 7) is 3.68. The van der Waals surface area contributed by atoms with Gasteiger partial charge in [-0.2, -0.15) is 11.3 Å². The van der Waals surface area contributed by atoms with Crippen LogP contribution in [0.1, 0.15) is 16.7 Å². The van der Waals surface area contributed by atoms with Gasteiger partial charge in [0.25, 0.3) is 0 Å². The van der Waals surface area contributed by atoms with Crippen LogP contribution < -0.4 is 5.62 Å². The molecule has 0 aliphatic carbocycles. The number of aromatic nitrogens is 2. The van der Waals surface area contributed by atoms with Crippen LogP contribution in [0.2, 0.25) is 0 Å². The average molecular weight is 347 g/mol. The second kappa shape index (κ2) is 6.73. The number of nitrogens with zero attached hydrogens (tertiary/aromatic N) is 2. The van der Waals surface area contributed by atoms with Gasteiger partial charge in [0.1, 0.15) is 0 Å². The molecule has 0 atom stereocenters. The third-order valence-corrected chi connectivity index (χ3v) is 5.37. The Morgan fingerprint density at radius 1 is 0.880 bits per heavy atom. The third-order valence-electron chi connectivity index (χ3n) is 4.64. The van der Waals surface area contributed by atoms with Crippen molar-refractivity contribution in [1.29, 1.82) is 5.41 Å². The fraction of sp³-hybridized carbons (Fsp3) is 0.190. The highest BCUT2D eigenvalue weighted by Gasteiger charge is 2.11. The van der Waals surface area contributed by atoms with Crippen LogP contribution in [-0.4, -0.2) is 9.13 Å². The average Bonchev–Trinajstić information content (AvgIpc) is 3.23. The minimum absolute atomic E-state index is 0.569. The van der Waals surface area contributed by atoms with Crippen LogP contribution in [0.5, 0.6) is 0 Å². The lowest BCUT2D eigenvalue weighted by molar-refractivity contribution is 0.621. The molecule has 2 aromatic carbocycles. The maximum absolute atomic E-state index is 8.71. The maximum Gasteiger partial charge on any atom is 0.203 e. The Kier molecular flexibility index (Phi) is 4.28. The Balaban J connectivity index is 1.69. The van der Waals surface area contributed by atoms with E-state index in [0.29, 0.717) is 5.62 Å². The molecule has 0 saturated heterocycles. The molecule has 0 amide bonds. The van der Waals surface area contributed by atoms with Crippen LogP contribution in [0.25, 0.3) is 11.0 Å². The molecular weight excluding hydrogens is 326 g/mol. The quantitative estimate of drug-likeness (QED) is 0.548. The molecule has 4 rings (SSSR count). The Labute approximate surface area is 151 Å². The molecule has 2 aromatic heterocycles. The topological polar surface area (TPSA) is 33.7 Å². The largest absolute Gasteiger partial charge is 0.310 e. The number of imidazole rings is 1. The van der Waals surface area contributed by atoms with E-state index in [2.05, 4.69) is 81.4 Å². The van der Waals surface area contributed by atoms with Crippen molar-refractivity contribution in [1.82, 2.24) is 9.13 Å². The molecule has 3 nitrogen and oxygen atoms in total. The van der Waals surface area contributed by atoms with E-state index in [0.717, 1.165) is 30.5 Å². The van der Waals surface area contributed by atoms with Gasteiger partial charge in [0.15, 0.2) is 0 Å². The van der Waals surface area contributed by atoms with Crippen LogP contribution in [0.15, 0.2) is 65.4 Å². The highest BCUT2D eigenvalue weighted by Crippen LogP contribution is 2.16. The highest BCUT2D eigenvalue weighted by molar-refractivity contribution is 7.07. The molecule has 25 heavy (non-hydrogen) atoms. The monoisotopic (exact) mass is 347 g/mol. The first-order chi connectivity index (χ1) is 12.2. The number of aryl methyl sites for hydroxylation is 3. The Bertz CT molecular complexity index is 1040. The highest BCUT2D eigenvalue weighted by atomic mass is 32.1. The first-order valence-electron chi connectivity index (χ1n) is 8.51. The lowest BCUT2D eigenvalue weighted by atomic mass is 10.1. The van der Waals surface area contributed by atoms with E-state index in [-0.39, 0.29) is 0 Å². The van der Waals surface area contributed by atoms with Crippen LogP contribution >= 0.6 is 11.3 Å². The van der Waals surface area contributed by atoms with Crippen LogP contribution in [0, 0.1) is 12.3 Å². The van der Waals surface area contributed by atoms with E-state index >= 15 is 0 Å². The summed E-state index contributed by atoms with van der Waals surface area (Å²) in [6, 6.07) is 19.1. The number of nitrogens with one attached hydrogen (secondary N) is 1. The summed E-state index contributed by atoms with van der Waals surface area (Å²) in [4.78, 5) is 0. The predicted octanol–water partition coefficient (Wildman–Crippen LogP) is 4.58. The zero-order valence-electron chi connectivity index (χ0n) is 14.3. The van der Waals surface area contributed by atoms with Gasteiger partial charge in [-0.15, -0.1) is 0 Å². The van der Waals surface area contributed by atoms with Crippen molar-refractivity contribution in [2.45, 2.75) is 26.4 Å². The SMILES string of the molecule is Cc1ccc(CCn2c(=N)n(Cc3ccsc3)c3ccccc32)cc1. The van der Waals surface area contributed by atoms with E-state index in [1.54, 1.807) is 11.3 Å². The fourth-order valence-electron chi connectivity index (χ4n) is 3.24. The Morgan fingerprint density at radius 3 is 2.28 bits per heavy atom. The molecule has 4 heteroatoms. The van der Waals surface area contributed by atoms with E-state index < -0.39 is 0 Å². The molecule has 1 N–H and O–H groups in total. The molecule has 2 heterocycles. The molecular formula is C21H21N3S. The summed E-state index contributed by atoms with van der Waals surface area (Å²) >= 11 is 1.70. The van der Waals surface area contributed by atoms with Gasteiger partial charge in [-0.1, -0.05) is 42.0 Å². The molecule has 0 spiro atoms. The van der Waals surface area contributed by atoms with Gasteiger partial charge in [0.05, 0.1) is 17.6 Å². The van der Waals surface area contributed by atoms with E-state index in [9.17, 15) is 0 Å². The lowest BCUT2D eigenvalue weighted by Gasteiger charge is -2.06. The van der Waals surface area contributed by atoms with Crippen molar-refractivity contribution in [3.05, 3.63) is 87.7 Å². The van der Waals surface area contributed by atoms with Gasteiger partial charge in [-0.25, -0.2) is 0 Å². The van der Waals surface area contributed by atoms with E-state index in [1.165, 1.54) is 16.7 Å². The van der Waals surface area contributed by atoms with Crippen molar-refractivity contribution >= 4 is 22.4 Å². The summed E-state index contributed by atoms with van der Waals surface area (Å²) in [5.74, 6) is 0. The van der Waals surface area contributed by atoms with Gasteiger partial charge in [-0.3, -0.25) is 5.41 Å². The number of rotatable bonds is 5. The lowest BCUT2D eigenvalue weighted by Crippen LogP contribution is -2.25. The first kappa shape index (κ1) is 15.9. The molecule has 0 aliphatic rings. The number of para-hydroxylation sites is 2. The Morgan fingerprint density at radius 2 is 1.60 bits per heavy atom. The van der Waals surface area contributed by atoms with Crippen molar-refractivity contribution in [3.8, 4) is 0 Å². The van der Waals surface area contributed by atoms with Crippen LogP contribution in [-0.2, 0) is 19.5 Å². The predicted molar refractivity (Wildman–Crippen MR) is 104 cm³/mol.